The Morgan fingerprint density at radius 3 is 2.76 bits per heavy atom. The van der Waals surface area contributed by atoms with Gasteiger partial charge in [0.05, 0.1) is 0 Å². The molecule has 6 nitrogen and oxygen atoms in total. The van der Waals surface area contributed by atoms with Gasteiger partial charge in [-0.05, 0) is 37.8 Å². The fourth-order valence-electron chi connectivity index (χ4n) is 2.99. The smallest absolute Gasteiger partial charge is 0.248 e. The van der Waals surface area contributed by atoms with E-state index in [9.17, 15) is 9.59 Å². The lowest BCUT2D eigenvalue weighted by Crippen LogP contribution is -2.42. The number of rotatable bonds is 4. The molecule has 2 amide bonds. The van der Waals surface area contributed by atoms with E-state index >= 15 is 0 Å². The van der Waals surface area contributed by atoms with Gasteiger partial charge in [-0.15, -0.1) is 0 Å². The van der Waals surface area contributed by atoms with E-state index < -0.39 is 6.04 Å². The van der Waals surface area contributed by atoms with Crippen molar-refractivity contribution in [1.82, 2.24) is 10.1 Å². The number of anilines is 1. The quantitative estimate of drug-likeness (QED) is 0.869. The van der Waals surface area contributed by atoms with E-state index in [1.807, 2.05) is 37.3 Å². The van der Waals surface area contributed by atoms with Gasteiger partial charge in [0.25, 0.3) is 0 Å². The minimum Gasteiger partial charge on any atom is -0.360 e. The van der Waals surface area contributed by atoms with E-state index in [0.29, 0.717) is 24.5 Å². The number of likely N-dealkylation sites (tertiary alicyclic amines) is 1. The summed E-state index contributed by atoms with van der Waals surface area (Å²) in [7, 11) is 0. The zero-order chi connectivity index (χ0) is 17.8. The Morgan fingerprint density at radius 1 is 1.32 bits per heavy atom. The SMILES string of the molecule is C/C(=C\C(=O)N1CCC[C@H]1C(=O)Nc1cc(C)on1)c1ccccc1. The van der Waals surface area contributed by atoms with E-state index in [1.165, 1.54) is 0 Å². The van der Waals surface area contributed by atoms with Crippen LogP contribution in [-0.4, -0.2) is 34.5 Å². The number of allylic oxidation sites excluding steroid dienone is 1. The number of hydrogen-bond donors (Lipinski definition) is 1. The fraction of sp³-hybridized carbons (Fsp3) is 0.316. The Kier molecular flexibility index (Phi) is 4.97. The molecule has 0 aliphatic carbocycles. The first-order valence-electron chi connectivity index (χ1n) is 8.33. The largest absolute Gasteiger partial charge is 0.360 e. The average molecular weight is 339 g/mol. The van der Waals surface area contributed by atoms with Gasteiger partial charge in [-0.3, -0.25) is 9.59 Å². The van der Waals surface area contributed by atoms with Gasteiger partial charge < -0.3 is 14.7 Å². The molecule has 130 valence electrons. The van der Waals surface area contributed by atoms with E-state index in [0.717, 1.165) is 17.6 Å². The van der Waals surface area contributed by atoms with Crippen LogP contribution in [-0.2, 0) is 9.59 Å². The first kappa shape index (κ1) is 17.0. The van der Waals surface area contributed by atoms with E-state index in [-0.39, 0.29) is 11.8 Å². The maximum atomic E-state index is 12.6. The molecule has 1 fully saturated rings. The summed E-state index contributed by atoms with van der Waals surface area (Å²) in [5.41, 5.74) is 1.87. The number of nitrogens with zero attached hydrogens (tertiary/aromatic N) is 2. The van der Waals surface area contributed by atoms with Gasteiger partial charge >= 0.3 is 0 Å². The standard InChI is InChI=1S/C19H21N3O3/c1-13(15-7-4-3-5-8-15)11-18(23)22-10-6-9-16(22)19(24)20-17-12-14(2)25-21-17/h3-5,7-8,11-12,16H,6,9-10H2,1-2H3,(H,20,21,24)/b13-11+/t16-/m0/s1. The molecule has 6 heteroatoms. The van der Waals surface area contributed by atoms with Gasteiger partial charge in [-0.2, -0.15) is 0 Å². The number of amides is 2. The molecule has 3 rings (SSSR count). The number of carbonyl (C=O) groups excluding carboxylic acids is 2. The van der Waals surface area contributed by atoms with Gasteiger partial charge in [0.15, 0.2) is 5.82 Å². The van der Waals surface area contributed by atoms with Crippen LogP contribution in [0, 0.1) is 6.92 Å². The Morgan fingerprint density at radius 2 is 2.08 bits per heavy atom. The third-order valence-corrected chi connectivity index (χ3v) is 4.29. The Bertz CT molecular complexity index is 795. The molecular weight excluding hydrogens is 318 g/mol. The maximum absolute atomic E-state index is 12.6. The van der Waals surface area contributed by atoms with E-state index in [1.54, 1.807) is 24.0 Å². The second-order valence-corrected chi connectivity index (χ2v) is 6.20. The summed E-state index contributed by atoms with van der Waals surface area (Å²) < 4.78 is 4.95. The second kappa shape index (κ2) is 7.34. The van der Waals surface area contributed by atoms with E-state index in [4.69, 9.17) is 4.52 Å². The zero-order valence-corrected chi connectivity index (χ0v) is 14.4. The van der Waals surface area contributed by atoms with Crippen molar-refractivity contribution in [1.29, 1.82) is 0 Å². The number of hydrogen-bond acceptors (Lipinski definition) is 4. The highest BCUT2D eigenvalue weighted by atomic mass is 16.5. The van der Waals surface area contributed by atoms with Crippen molar-refractivity contribution in [2.24, 2.45) is 0 Å². The van der Waals surface area contributed by atoms with E-state index in [2.05, 4.69) is 10.5 Å². The Labute approximate surface area is 146 Å². The van der Waals surface area contributed by atoms with Crippen molar-refractivity contribution in [2.75, 3.05) is 11.9 Å². The highest BCUT2D eigenvalue weighted by molar-refractivity contribution is 6.01. The normalized spacial score (nSPS) is 17.6. The summed E-state index contributed by atoms with van der Waals surface area (Å²) in [5, 5.41) is 6.48. The minimum absolute atomic E-state index is 0.143. The first-order chi connectivity index (χ1) is 12.0. The van der Waals surface area contributed by atoms with Crippen molar-refractivity contribution >= 4 is 23.2 Å². The predicted molar refractivity (Wildman–Crippen MR) is 94.7 cm³/mol. The molecule has 25 heavy (non-hydrogen) atoms. The molecule has 1 aromatic carbocycles. The molecule has 0 saturated carbocycles. The first-order valence-corrected chi connectivity index (χ1v) is 8.33. The molecule has 0 unspecified atom stereocenters. The lowest BCUT2D eigenvalue weighted by Gasteiger charge is -2.22. The molecule has 1 N–H and O–H groups in total. The fourth-order valence-corrected chi connectivity index (χ4v) is 2.99. The molecule has 1 aliphatic heterocycles. The lowest BCUT2D eigenvalue weighted by atomic mass is 10.1. The highest BCUT2D eigenvalue weighted by Crippen LogP contribution is 2.21. The van der Waals surface area contributed by atoms with Crippen LogP contribution in [0.1, 0.15) is 31.1 Å². The van der Waals surface area contributed by atoms with Gasteiger partial charge in [-0.1, -0.05) is 35.5 Å². The van der Waals surface area contributed by atoms with Crippen molar-refractivity contribution in [3.63, 3.8) is 0 Å². The number of aryl methyl sites for hydroxylation is 1. The van der Waals surface area contributed by atoms with Crippen molar-refractivity contribution < 1.29 is 14.1 Å². The number of aromatic nitrogens is 1. The summed E-state index contributed by atoms with van der Waals surface area (Å²) >= 11 is 0. The summed E-state index contributed by atoms with van der Waals surface area (Å²) in [6, 6.07) is 10.9. The number of benzene rings is 1. The van der Waals surface area contributed by atoms with Crippen LogP contribution in [0.2, 0.25) is 0 Å². The average Bonchev–Trinajstić information content (AvgIpc) is 3.24. The van der Waals surface area contributed by atoms with Crippen LogP contribution in [0.3, 0.4) is 0 Å². The van der Waals surface area contributed by atoms with Crippen LogP contribution < -0.4 is 5.32 Å². The molecule has 1 atom stereocenters. The van der Waals surface area contributed by atoms with Gasteiger partial charge in [0.2, 0.25) is 11.8 Å². The zero-order valence-electron chi connectivity index (χ0n) is 14.4. The van der Waals surface area contributed by atoms with Crippen LogP contribution in [0.5, 0.6) is 0 Å². The minimum atomic E-state index is -0.482. The van der Waals surface area contributed by atoms with Gasteiger partial charge in [0, 0.05) is 18.7 Å². The van der Waals surface area contributed by atoms with Crippen LogP contribution in [0.4, 0.5) is 5.82 Å². The highest BCUT2D eigenvalue weighted by Gasteiger charge is 2.33. The molecule has 0 radical (unpaired) electrons. The van der Waals surface area contributed by atoms with Gasteiger partial charge in [-0.25, -0.2) is 0 Å². The van der Waals surface area contributed by atoms with Crippen LogP contribution >= 0.6 is 0 Å². The second-order valence-electron chi connectivity index (χ2n) is 6.20. The predicted octanol–water partition coefficient (Wildman–Crippen LogP) is 3.02. The van der Waals surface area contributed by atoms with Gasteiger partial charge in [0.1, 0.15) is 11.8 Å². The summed E-state index contributed by atoms with van der Waals surface area (Å²) in [5.74, 6) is 0.620. The Hall–Kier alpha value is -2.89. The monoisotopic (exact) mass is 339 g/mol. The number of nitrogens with one attached hydrogen (secondary N) is 1. The van der Waals surface area contributed by atoms with Crippen LogP contribution in [0.25, 0.3) is 5.57 Å². The maximum Gasteiger partial charge on any atom is 0.248 e. The Balaban J connectivity index is 1.70. The molecule has 2 aromatic rings. The van der Waals surface area contributed by atoms with Crippen molar-refractivity contribution in [2.45, 2.75) is 32.7 Å². The molecule has 1 aromatic heterocycles. The molecule has 0 bridgehead atoms. The molecule has 1 aliphatic rings. The molecule has 2 heterocycles. The van der Waals surface area contributed by atoms with Crippen molar-refractivity contribution in [3.05, 3.63) is 53.8 Å². The number of carbonyl (C=O) groups is 2. The summed E-state index contributed by atoms with van der Waals surface area (Å²) in [6.07, 6.45) is 3.05. The summed E-state index contributed by atoms with van der Waals surface area (Å²) in [6.45, 7) is 4.23. The molecule has 0 spiro atoms. The lowest BCUT2D eigenvalue weighted by molar-refractivity contribution is -0.132. The molecule has 1 saturated heterocycles. The van der Waals surface area contributed by atoms with Crippen molar-refractivity contribution in [3.8, 4) is 0 Å². The topological polar surface area (TPSA) is 75.4 Å². The molecular formula is C19H21N3O3. The van der Waals surface area contributed by atoms with Crippen LogP contribution in [0.15, 0.2) is 47.0 Å². The third-order valence-electron chi connectivity index (χ3n) is 4.29. The summed E-state index contributed by atoms with van der Waals surface area (Å²) in [4.78, 5) is 26.7. The third kappa shape index (κ3) is 3.96.